The first-order chi connectivity index (χ1) is 11.1. The molecule has 0 bridgehead atoms. The van der Waals surface area contributed by atoms with E-state index in [1.807, 2.05) is 22.1 Å². The SMILES string of the molecule is Cc1nc(CN2C(=O)CO[C@@H]3CN(C(=O)CC4CC4)C[C@H]32)cs1. The van der Waals surface area contributed by atoms with Gasteiger partial charge in [0.2, 0.25) is 11.8 Å². The van der Waals surface area contributed by atoms with Crippen molar-refractivity contribution < 1.29 is 14.3 Å². The molecule has 2 saturated heterocycles. The molecule has 0 N–H and O–H groups in total. The van der Waals surface area contributed by atoms with E-state index >= 15 is 0 Å². The van der Waals surface area contributed by atoms with E-state index in [9.17, 15) is 9.59 Å². The third kappa shape index (κ3) is 3.12. The summed E-state index contributed by atoms with van der Waals surface area (Å²) < 4.78 is 5.69. The van der Waals surface area contributed by atoms with Gasteiger partial charge in [0.1, 0.15) is 6.61 Å². The minimum absolute atomic E-state index is 0.00612. The summed E-state index contributed by atoms with van der Waals surface area (Å²) in [6, 6.07) is -0.0404. The summed E-state index contributed by atoms with van der Waals surface area (Å²) >= 11 is 1.59. The third-order valence-electron chi connectivity index (χ3n) is 4.89. The number of hydrogen-bond acceptors (Lipinski definition) is 5. The Kier molecular flexibility index (Phi) is 3.85. The van der Waals surface area contributed by atoms with Crippen LogP contribution in [-0.4, -0.2) is 58.4 Å². The minimum Gasteiger partial charge on any atom is -0.364 e. The van der Waals surface area contributed by atoms with Crippen LogP contribution in [0.3, 0.4) is 0 Å². The summed E-state index contributed by atoms with van der Waals surface area (Å²) in [5.41, 5.74) is 0.921. The second-order valence-electron chi connectivity index (χ2n) is 6.74. The lowest BCUT2D eigenvalue weighted by atomic mass is 10.1. The van der Waals surface area contributed by atoms with Gasteiger partial charge in [-0.1, -0.05) is 0 Å². The lowest BCUT2D eigenvalue weighted by Gasteiger charge is -2.36. The highest BCUT2D eigenvalue weighted by molar-refractivity contribution is 7.09. The summed E-state index contributed by atoms with van der Waals surface area (Å²) in [6.45, 7) is 3.78. The molecule has 2 aliphatic heterocycles. The fourth-order valence-electron chi connectivity index (χ4n) is 3.43. The number of hydrogen-bond donors (Lipinski definition) is 0. The first kappa shape index (κ1) is 15.1. The van der Waals surface area contributed by atoms with Gasteiger partial charge in [-0.2, -0.15) is 0 Å². The number of ether oxygens (including phenoxy) is 1. The molecule has 2 amide bonds. The summed E-state index contributed by atoms with van der Waals surface area (Å²) in [6.07, 6.45) is 2.95. The van der Waals surface area contributed by atoms with Gasteiger partial charge in [0.25, 0.3) is 0 Å². The zero-order chi connectivity index (χ0) is 16.0. The van der Waals surface area contributed by atoms with Gasteiger partial charge in [-0.3, -0.25) is 9.59 Å². The summed E-state index contributed by atoms with van der Waals surface area (Å²) in [4.78, 5) is 32.8. The molecule has 0 spiro atoms. The molecule has 2 atom stereocenters. The summed E-state index contributed by atoms with van der Waals surface area (Å²) in [7, 11) is 0. The van der Waals surface area contributed by atoms with Gasteiger partial charge in [-0.25, -0.2) is 4.98 Å². The molecule has 4 rings (SSSR count). The summed E-state index contributed by atoms with van der Waals surface area (Å²) in [5, 5.41) is 3.00. The molecule has 1 aromatic rings. The number of carbonyl (C=O) groups is 2. The number of amides is 2. The second kappa shape index (κ2) is 5.87. The molecule has 0 aromatic carbocycles. The summed E-state index contributed by atoms with van der Waals surface area (Å²) in [5.74, 6) is 0.789. The Morgan fingerprint density at radius 2 is 2.26 bits per heavy atom. The maximum absolute atomic E-state index is 12.3. The van der Waals surface area contributed by atoms with Crippen molar-refractivity contribution in [2.24, 2.45) is 5.92 Å². The van der Waals surface area contributed by atoms with Crippen molar-refractivity contribution in [1.82, 2.24) is 14.8 Å². The Balaban J connectivity index is 1.45. The topological polar surface area (TPSA) is 62.7 Å². The van der Waals surface area contributed by atoms with Crippen LogP contribution in [0.2, 0.25) is 0 Å². The highest BCUT2D eigenvalue weighted by atomic mass is 32.1. The molecular weight excluding hydrogens is 314 g/mol. The number of aromatic nitrogens is 1. The van der Waals surface area contributed by atoms with Crippen LogP contribution >= 0.6 is 11.3 Å². The van der Waals surface area contributed by atoms with Crippen LogP contribution in [0.1, 0.15) is 30.0 Å². The molecule has 0 unspecified atom stereocenters. The smallest absolute Gasteiger partial charge is 0.249 e. The van der Waals surface area contributed by atoms with Crippen LogP contribution in [0, 0.1) is 12.8 Å². The molecule has 1 aliphatic carbocycles. The minimum atomic E-state index is -0.0596. The Morgan fingerprint density at radius 1 is 1.43 bits per heavy atom. The fraction of sp³-hybridized carbons (Fsp3) is 0.688. The molecule has 0 radical (unpaired) electrons. The number of rotatable bonds is 4. The standard InChI is InChI=1S/C16H21N3O3S/c1-10-17-12(9-23-10)5-19-13-6-18(15(20)4-11-2-3-11)7-14(13)22-8-16(19)21/h9,11,13-14H,2-8H2,1H3/t13-,14-/m1/s1. The highest BCUT2D eigenvalue weighted by Gasteiger charge is 2.45. The van der Waals surface area contributed by atoms with E-state index < -0.39 is 0 Å². The fourth-order valence-corrected chi connectivity index (χ4v) is 4.03. The van der Waals surface area contributed by atoms with E-state index in [-0.39, 0.29) is 30.6 Å². The van der Waals surface area contributed by atoms with Crippen LogP contribution < -0.4 is 0 Å². The van der Waals surface area contributed by atoms with E-state index in [4.69, 9.17) is 4.74 Å². The maximum Gasteiger partial charge on any atom is 0.249 e. The maximum atomic E-state index is 12.3. The Hall–Kier alpha value is -1.47. The Bertz CT molecular complexity index is 628. The lowest BCUT2D eigenvalue weighted by Crippen LogP contribution is -2.53. The predicted octanol–water partition coefficient (Wildman–Crippen LogP) is 1.19. The van der Waals surface area contributed by atoms with Gasteiger partial charge in [-0.05, 0) is 25.7 Å². The van der Waals surface area contributed by atoms with Crippen LogP contribution in [0.25, 0.3) is 0 Å². The molecule has 7 heteroatoms. The van der Waals surface area contributed by atoms with E-state index in [1.54, 1.807) is 11.3 Å². The van der Waals surface area contributed by atoms with Crippen LogP contribution in [0.4, 0.5) is 0 Å². The molecule has 23 heavy (non-hydrogen) atoms. The lowest BCUT2D eigenvalue weighted by molar-refractivity contribution is -0.154. The van der Waals surface area contributed by atoms with Crippen molar-refractivity contribution in [2.75, 3.05) is 19.7 Å². The molecule has 1 saturated carbocycles. The number of aryl methyl sites for hydroxylation is 1. The van der Waals surface area contributed by atoms with Crippen molar-refractivity contribution >= 4 is 23.2 Å². The van der Waals surface area contributed by atoms with E-state index in [2.05, 4.69) is 4.98 Å². The number of morpholine rings is 1. The quantitative estimate of drug-likeness (QED) is 0.829. The zero-order valence-electron chi connectivity index (χ0n) is 13.2. The van der Waals surface area contributed by atoms with Gasteiger partial charge in [0, 0.05) is 24.9 Å². The normalized spacial score (nSPS) is 27.4. The van der Waals surface area contributed by atoms with Gasteiger partial charge in [0.15, 0.2) is 0 Å². The highest BCUT2D eigenvalue weighted by Crippen LogP contribution is 2.34. The van der Waals surface area contributed by atoms with Gasteiger partial charge >= 0.3 is 0 Å². The average Bonchev–Trinajstić information content (AvgIpc) is 3.07. The zero-order valence-corrected chi connectivity index (χ0v) is 14.1. The number of thiazole rings is 1. The van der Waals surface area contributed by atoms with Crippen molar-refractivity contribution in [3.05, 3.63) is 16.1 Å². The van der Waals surface area contributed by atoms with Crippen LogP contribution in [-0.2, 0) is 20.9 Å². The number of nitrogens with zero attached hydrogens (tertiary/aromatic N) is 3. The molecular formula is C16H21N3O3S. The second-order valence-corrected chi connectivity index (χ2v) is 7.80. The van der Waals surface area contributed by atoms with E-state index in [0.717, 1.165) is 10.7 Å². The molecule has 1 aromatic heterocycles. The molecule has 3 fully saturated rings. The van der Waals surface area contributed by atoms with Crippen LogP contribution in [0.15, 0.2) is 5.38 Å². The number of likely N-dealkylation sites (tertiary alicyclic amines) is 1. The Morgan fingerprint density at radius 3 is 2.96 bits per heavy atom. The van der Waals surface area contributed by atoms with Crippen molar-refractivity contribution in [2.45, 2.75) is 44.9 Å². The monoisotopic (exact) mass is 335 g/mol. The van der Waals surface area contributed by atoms with Crippen molar-refractivity contribution in [3.8, 4) is 0 Å². The molecule has 124 valence electrons. The molecule has 3 aliphatic rings. The molecule has 6 nitrogen and oxygen atoms in total. The number of carbonyl (C=O) groups excluding carboxylic acids is 2. The first-order valence-electron chi connectivity index (χ1n) is 8.20. The van der Waals surface area contributed by atoms with E-state index in [0.29, 0.717) is 32.0 Å². The average molecular weight is 335 g/mol. The van der Waals surface area contributed by atoms with Gasteiger partial charge in [0.05, 0.1) is 29.4 Å². The predicted molar refractivity (Wildman–Crippen MR) is 84.9 cm³/mol. The van der Waals surface area contributed by atoms with Crippen molar-refractivity contribution in [1.29, 1.82) is 0 Å². The van der Waals surface area contributed by atoms with Crippen molar-refractivity contribution in [3.63, 3.8) is 0 Å². The largest absolute Gasteiger partial charge is 0.364 e. The first-order valence-corrected chi connectivity index (χ1v) is 9.08. The number of fused-ring (bicyclic) bond motifs is 1. The van der Waals surface area contributed by atoms with Gasteiger partial charge < -0.3 is 14.5 Å². The Labute approximate surface area is 139 Å². The third-order valence-corrected chi connectivity index (χ3v) is 5.71. The van der Waals surface area contributed by atoms with E-state index in [1.165, 1.54) is 12.8 Å². The molecule has 3 heterocycles. The van der Waals surface area contributed by atoms with Crippen LogP contribution in [0.5, 0.6) is 0 Å². The van der Waals surface area contributed by atoms with Gasteiger partial charge in [-0.15, -0.1) is 11.3 Å².